The van der Waals surface area contributed by atoms with E-state index in [1.165, 1.54) is 9.36 Å². The summed E-state index contributed by atoms with van der Waals surface area (Å²) in [4.78, 5) is 30.0. The first-order chi connectivity index (χ1) is 17.1. The van der Waals surface area contributed by atoms with Gasteiger partial charge in [0, 0.05) is 38.9 Å². The Morgan fingerprint density at radius 3 is 2.23 bits per heavy atom. The number of carbonyl (C=O) groups excluding carboxylic acids is 1. The summed E-state index contributed by atoms with van der Waals surface area (Å²) in [5.41, 5.74) is 1.32. The first-order valence-corrected chi connectivity index (χ1v) is 12.2. The third-order valence-electron chi connectivity index (χ3n) is 6.74. The molecule has 0 spiro atoms. The average molecular weight is 479 g/mol. The third-order valence-corrected chi connectivity index (χ3v) is 6.74. The summed E-state index contributed by atoms with van der Waals surface area (Å²) in [6.45, 7) is 5.56. The second-order valence-corrected chi connectivity index (χ2v) is 9.05. The number of ether oxygens (including phenoxy) is 1. The lowest BCUT2D eigenvalue weighted by atomic mass is 9.85. The Morgan fingerprint density at radius 2 is 1.60 bits per heavy atom. The monoisotopic (exact) mass is 478 g/mol. The minimum atomic E-state index is -0.394. The molecule has 4 rings (SSSR count). The van der Waals surface area contributed by atoms with E-state index >= 15 is 0 Å². The number of anilines is 1. The fourth-order valence-corrected chi connectivity index (χ4v) is 4.85. The summed E-state index contributed by atoms with van der Waals surface area (Å²) in [7, 11) is 1.69. The summed E-state index contributed by atoms with van der Waals surface area (Å²) in [5.74, 6) is 0.100. The van der Waals surface area contributed by atoms with Crippen LogP contribution in [0.2, 0.25) is 0 Å². The van der Waals surface area contributed by atoms with Crippen LogP contribution in [-0.4, -0.2) is 69.5 Å². The molecule has 0 saturated carbocycles. The Labute approximate surface area is 205 Å². The van der Waals surface area contributed by atoms with Gasteiger partial charge in [-0.3, -0.25) is 4.79 Å². The highest BCUT2D eigenvalue weighted by Crippen LogP contribution is 2.34. The molecule has 1 aromatic heterocycles. The van der Waals surface area contributed by atoms with Crippen LogP contribution in [0.5, 0.6) is 0 Å². The number of amides is 1. The Kier molecular flexibility index (Phi) is 8.09. The van der Waals surface area contributed by atoms with Gasteiger partial charge < -0.3 is 14.5 Å². The van der Waals surface area contributed by atoms with E-state index < -0.39 is 5.54 Å². The topological polar surface area (TPSA) is 85.5 Å². The van der Waals surface area contributed by atoms with Gasteiger partial charge in [-0.25, -0.2) is 4.79 Å². The molecule has 35 heavy (non-hydrogen) atoms. The van der Waals surface area contributed by atoms with E-state index in [0.717, 1.165) is 37.2 Å². The molecule has 0 aliphatic carbocycles. The minimum Gasteiger partial charge on any atom is -0.382 e. The molecule has 1 aliphatic heterocycles. The second-order valence-electron chi connectivity index (χ2n) is 9.05. The number of carbonyl (C=O) groups is 1. The van der Waals surface area contributed by atoms with Crippen LogP contribution in [0.25, 0.3) is 0 Å². The lowest BCUT2D eigenvalue weighted by Crippen LogP contribution is -2.60. The molecule has 0 bridgehead atoms. The van der Waals surface area contributed by atoms with Crippen molar-refractivity contribution in [2.24, 2.45) is 0 Å². The van der Waals surface area contributed by atoms with Crippen LogP contribution in [0, 0.1) is 0 Å². The number of methoxy groups -OCH3 is 1. The molecule has 1 saturated heterocycles. The van der Waals surface area contributed by atoms with Crippen molar-refractivity contribution in [1.29, 1.82) is 0 Å². The van der Waals surface area contributed by atoms with Crippen LogP contribution in [0.4, 0.5) is 5.69 Å². The van der Waals surface area contributed by atoms with Crippen molar-refractivity contribution in [1.82, 2.24) is 24.7 Å². The van der Waals surface area contributed by atoms with Crippen molar-refractivity contribution in [3.63, 3.8) is 0 Å². The van der Waals surface area contributed by atoms with Crippen LogP contribution in [0.3, 0.4) is 0 Å². The van der Waals surface area contributed by atoms with Gasteiger partial charge in [-0.15, -0.1) is 0 Å². The van der Waals surface area contributed by atoms with E-state index in [1.54, 1.807) is 7.11 Å². The average Bonchev–Trinajstić information content (AvgIpc) is 3.24. The van der Waals surface area contributed by atoms with Gasteiger partial charge in [0.2, 0.25) is 5.91 Å². The molecule has 9 nitrogen and oxygen atoms in total. The molecule has 1 amide bonds. The molecule has 0 radical (unpaired) electrons. The molecule has 2 heterocycles. The van der Waals surface area contributed by atoms with E-state index in [2.05, 4.69) is 15.3 Å². The van der Waals surface area contributed by atoms with Crippen LogP contribution in [0.15, 0.2) is 65.5 Å². The predicted molar refractivity (Wildman–Crippen MR) is 134 cm³/mol. The number of piperidine rings is 1. The van der Waals surface area contributed by atoms with Gasteiger partial charge in [-0.2, -0.15) is 9.36 Å². The van der Waals surface area contributed by atoms with Crippen LogP contribution < -0.4 is 10.6 Å². The van der Waals surface area contributed by atoms with Gasteiger partial charge in [-0.1, -0.05) is 55.5 Å². The van der Waals surface area contributed by atoms with E-state index in [1.807, 2.05) is 72.5 Å². The lowest BCUT2D eigenvalue weighted by Gasteiger charge is -2.48. The zero-order chi connectivity index (χ0) is 24.7. The smallest absolute Gasteiger partial charge is 0.364 e. The number of hydrogen-bond donors (Lipinski definition) is 0. The standard InChI is InChI=1S/C26H34N6O3/c1-3-24(33)32(23-12-8-5-9-13-23)26(21-35-2)14-16-29(17-15-26)18-19-30-25(34)31(28-27-30)20-22-10-6-4-7-11-22/h4-13H,3,14-21H2,1-2H3. The van der Waals surface area contributed by atoms with E-state index in [0.29, 0.717) is 32.7 Å². The molecule has 0 unspecified atom stereocenters. The van der Waals surface area contributed by atoms with Gasteiger partial charge in [0.05, 0.1) is 25.2 Å². The quantitative estimate of drug-likeness (QED) is 0.445. The highest BCUT2D eigenvalue weighted by atomic mass is 16.5. The van der Waals surface area contributed by atoms with Crippen molar-refractivity contribution in [3.8, 4) is 0 Å². The van der Waals surface area contributed by atoms with E-state index in [4.69, 9.17) is 4.74 Å². The molecule has 3 aromatic rings. The van der Waals surface area contributed by atoms with E-state index in [-0.39, 0.29) is 11.6 Å². The summed E-state index contributed by atoms with van der Waals surface area (Å²) in [6, 6.07) is 19.6. The molecule has 1 fully saturated rings. The number of nitrogens with zero attached hydrogens (tertiary/aromatic N) is 6. The Balaban J connectivity index is 1.40. The molecular weight excluding hydrogens is 444 g/mol. The van der Waals surface area contributed by atoms with Gasteiger partial charge in [0.25, 0.3) is 0 Å². The van der Waals surface area contributed by atoms with Crippen molar-refractivity contribution in [2.75, 3.05) is 38.3 Å². The predicted octanol–water partition coefficient (Wildman–Crippen LogP) is 2.41. The summed E-state index contributed by atoms with van der Waals surface area (Å²) in [5, 5.41) is 8.12. The largest absolute Gasteiger partial charge is 0.382 e. The van der Waals surface area contributed by atoms with Gasteiger partial charge in [0.15, 0.2) is 0 Å². The Hall–Kier alpha value is -3.30. The number of hydrogen-bond acceptors (Lipinski definition) is 6. The highest BCUT2D eigenvalue weighted by Gasteiger charge is 2.42. The van der Waals surface area contributed by atoms with Crippen molar-refractivity contribution in [2.45, 2.75) is 44.8 Å². The molecule has 1 aliphatic rings. The van der Waals surface area contributed by atoms with Gasteiger partial charge in [0.1, 0.15) is 0 Å². The summed E-state index contributed by atoms with van der Waals surface area (Å²) in [6.07, 6.45) is 2.01. The first kappa shape index (κ1) is 24.8. The molecular formula is C26H34N6O3. The van der Waals surface area contributed by atoms with Crippen molar-refractivity contribution >= 4 is 11.6 Å². The third kappa shape index (κ3) is 5.68. The minimum absolute atomic E-state index is 0.100. The maximum atomic E-state index is 13.1. The van der Waals surface area contributed by atoms with Crippen LogP contribution >= 0.6 is 0 Å². The number of likely N-dealkylation sites (tertiary alicyclic amines) is 1. The highest BCUT2D eigenvalue weighted by molar-refractivity contribution is 5.94. The molecule has 186 valence electrons. The lowest BCUT2D eigenvalue weighted by molar-refractivity contribution is -0.120. The number of tetrazole rings is 1. The molecule has 9 heteroatoms. The van der Waals surface area contributed by atoms with Crippen LogP contribution in [0.1, 0.15) is 31.7 Å². The normalized spacial score (nSPS) is 15.7. The summed E-state index contributed by atoms with van der Waals surface area (Å²) < 4.78 is 8.45. The molecule has 2 aromatic carbocycles. The van der Waals surface area contributed by atoms with Gasteiger partial charge >= 0.3 is 5.69 Å². The second kappa shape index (κ2) is 11.4. The number of para-hydroxylation sites is 1. The fraction of sp³-hybridized carbons (Fsp3) is 0.462. The number of benzene rings is 2. The molecule has 0 N–H and O–H groups in total. The van der Waals surface area contributed by atoms with Crippen molar-refractivity contribution in [3.05, 3.63) is 76.7 Å². The number of rotatable bonds is 10. The first-order valence-electron chi connectivity index (χ1n) is 12.2. The maximum Gasteiger partial charge on any atom is 0.364 e. The SMILES string of the molecule is CCC(=O)N(c1ccccc1)C1(COC)CCN(CCn2nnn(Cc3ccccc3)c2=O)CC1. The Morgan fingerprint density at radius 1 is 0.971 bits per heavy atom. The molecule has 0 atom stereocenters. The van der Waals surface area contributed by atoms with Crippen molar-refractivity contribution < 1.29 is 9.53 Å². The maximum absolute atomic E-state index is 13.1. The zero-order valence-corrected chi connectivity index (χ0v) is 20.5. The van der Waals surface area contributed by atoms with E-state index in [9.17, 15) is 9.59 Å². The Bertz CT molecular complexity index is 1140. The summed E-state index contributed by atoms with van der Waals surface area (Å²) >= 11 is 0. The fourth-order valence-electron chi connectivity index (χ4n) is 4.85. The van der Waals surface area contributed by atoms with Crippen LogP contribution in [-0.2, 0) is 22.6 Å². The zero-order valence-electron chi connectivity index (χ0n) is 20.5. The number of aromatic nitrogens is 4. The van der Waals surface area contributed by atoms with Gasteiger partial charge in [-0.05, 0) is 41.0 Å².